The van der Waals surface area contributed by atoms with Crippen LogP contribution in [0.15, 0.2) is 72.8 Å². The van der Waals surface area contributed by atoms with Gasteiger partial charge in [-0.05, 0) is 55.5 Å². The minimum atomic E-state index is -0.808. The average molecular weight is 503 g/mol. The Labute approximate surface area is 218 Å². The molecule has 3 aromatic carbocycles. The molecule has 1 atom stereocenters. The SMILES string of the molecule is Cc1ccc(C)c(OCC(=O)N(Cc2ccccc2F)[C@@H](Cc2ccccc2)C(=O)NC2CCCC2)c1. The van der Waals surface area contributed by atoms with E-state index in [-0.39, 0.29) is 31.0 Å². The van der Waals surface area contributed by atoms with E-state index in [0.717, 1.165) is 42.4 Å². The van der Waals surface area contributed by atoms with E-state index in [2.05, 4.69) is 5.32 Å². The van der Waals surface area contributed by atoms with Gasteiger partial charge in [0.15, 0.2) is 6.61 Å². The molecule has 6 heteroatoms. The molecule has 1 N–H and O–H groups in total. The van der Waals surface area contributed by atoms with Crippen LogP contribution in [0.4, 0.5) is 4.39 Å². The van der Waals surface area contributed by atoms with Gasteiger partial charge in [0.2, 0.25) is 5.91 Å². The summed E-state index contributed by atoms with van der Waals surface area (Å²) in [5.74, 6) is -0.376. The lowest BCUT2D eigenvalue weighted by Crippen LogP contribution is -2.53. The molecule has 2 amide bonds. The normalized spacial score (nSPS) is 14.2. The first-order valence-corrected chi connectivity index (χ1v) is 13.0. The van der Waals surface area contributed by atoms with Crippen LogP contribution in [0.5, 0.6) is 5.75 Å². The first-order valence-electron chi connectivity index (χ1n) is 13.0. The molecule has 0 aliphatic heterocycles. The third-order valence-electron chi connectivity index (χ3n) is 6.97. The monoisotopic (exact) mass is 502 g/mol. The standard InChI is InChI=1S/C31H35FN2O3/c1-22-16-17-23(2)29(18-22)37-21-30(35)34(20-25-12-6-9-15-27(25)32)28(19-24-10-4-3-5-11-24)31(36)33-26-13-7-8-14-26/h3-6,9-12,15-18,26,28H,7-8,13-14,19-21H2,1-2H3,(H,33,36)/t28-/m0/s1. The first-order chi connectivity index (χ1) is 17.9. The number of amides is 2. The molecule has 3 aromatic rings. The van der Waals surface area contributed by atoms with Gasteiger partial charge in [-0.25, -0.2) is 4.39 Å². The molecule has 0 aromatic heterocycles. The van der Waals surface area contributed by atoms with Crippen molar-refractivity contribution in [2.75, 3.05) is 6.61 Å². The summed E-state index contributed by atoms with van der Waals surface area (Å²) < 4.78 is 20.6. The maximum Gasteiger partial charge on any atom is 0.261 e. The molecule has 1 aliphatic carbocycles. The molecule has 194 valence electrons. The van der Waals surface area contributed by atoms with Crippen LogP contribution in [0, 0.1) is 19.7 Å². The fourth-order valence-corrected chi connectivity index (χ4v) is 4.82. The van der Waals surface area contributed by atoms with Crippen LogP contribution in [-0.4, -0.2) is 35.4 Å². The van der Waals surface area contributed by atoms with Crippen molar-refractivity contribution in [3.05, 3.63) is 101 Å². The zero-order valence-electron chi connectivity index (χ0n) is 21.6. The van der Waals surface area contributed by atoms with Gasteiger partial charge in [0, 0.05) is 24.6 Å². The summed E-state index contributed by atoms with van der Waals surface area (Å²) in [5, 5.41) is 3.16. The van der Waals surface area contributed by atoms with Gasteiger partial charge < -0.3 is 15.0 Å². The van der Waals surface area contributed by atoms with Crippen molar-refractivity contribution in [3.8, 4) is 5.75 Å². The largest absolute Gasteiger partial charge is 0.483 e. The lowest BCUT2D eigenvalue weighted by atomic mass is 10.0. The maximum atomic E-state index is 14.7. The number of benzene rings is 3. The molecule has 1 aliphatic rings. The van der Waals surface area contributed by atoms with E-state index >= 15 is 0 Å². The van der Waals surface area contributed by atoms with Gasteiger partial charge in [-0.1, -0.05) is 73.5 Å². The molecular formula is C31H35FN2O3. The zero-order valence-corrected chi connectivity index (χ0v) is 21.6. The van der Waals surface area contributed by atoms with Crippen molar-refractivity contribution in [1.82, 2.24) is 10.2 Å². The molecule has 0 unspecified atom stereocenters. The van der Waals surface area contributed by atoms with Crippen molar-refractivity contribution in [3.63, 3.8) is 0 Å². The Morgan fingerprint density at radius 1 is 1.00 bits per heavy atom. The second-order valence-corrected chi connectivity index (χ2v) is 9.87. The predicted octanol–water partition coefficient (Wildman–Crippen LogP) is 5.52. The predicted molar refractivity (Wildman–Crippen MR) is 143 cm³/mol. The van der Waals surface area contributed by atoms with Crippen LogP contribution in [0.1, 0.15) is 47.9 Å². The summed E-state index contributed by atoms with van der Waals surface area (Å²) in [6, 6.07) is 21.1. The molecule has 0 heterocycles. The maximum absolute atomic E-state index is 14.7. The summed E-state index contributed by atoms with van der Waals surface area (Å²) in [6.07, 6.45) is 4.34. The fraction of sp³-hybridized carbons (Fsp3) is 0.355. The van der Waals surface area contributed by atoms with E-state index in [1.807, 2.05) is 62.4 Å². The number of rotatable bonds is 10. The number of aryl methyl sites for hydroxylation is 2. The number of hydrogen-bond acceptors (Lipinski definition) is 3. The van der Waals surface area contributed by atoms with Gasteiger partial charge in [-0.15, -0.1) is 0 Å². The van der Waals surface area contributed by atoms with E-state index in [4.69, 9.17) is 4.74 Å². The van der Waals surface area contributed by atoms with Gasteiger partial charge in [-0.3, -0.25) is 9.59 Å². The number of hydrogen-bond donors (Lipinski definition) is 1. The van der Waals surface area contributed by atoms with E-state index in [1.165, 1.54) is 11.0 Å². The van der Waals surface area contributed by atoms with E-state index in [1.54, 1.807) is 18.2 Å². The number of ether oxygens (including phenoxy) is 1. The third kappa shape index (κ3) is 7.19. The summed E-state index contributed by atoms with van der Waals surface area (Å²) in [7, 11) is 0. The Morgan fingerprint density at radius 3 is 2.43 bits per heavy atom. The average Bonchev–Trinajstić information content (AvgIpc) is 3.41. The van der Waals surface area contributed by atoms with Crippen molar-refractivity contribution >= 4 is 11.8 Å². The van der Waals surface area contributed by atoms with Gasteiger partial charge in [-0.2, -0.15) is 0 Å². The number of carbonyl (C=O) groups excluding carboxylic acids is 2. The fourth-order valence-electron chi connectivity index (χ4n) is 4.82. The molecule has 1 fully saturated rings. The van der Waals surface area contributed by atoms with Crippen LogP contribution < -0.4 is 10.1 Å². The van der Waals surface area contributed by atoms with Gasteiger partial charge in [0.1, 0.15) is 17.6 Å². The highest BCUT2D eigenvalue weighted by Crippen LogP contribution is 2.22. The number of carbonyl (C=O) groups is 2. The molecule has 0 saturated heterocycles. The lowest BCUT2D eigenvalue weighted by molar-refractivity contribution is -0.143. The molecule has 0 radical (unpaired) electrons. The van der Waals surface area contributed by atoms with Crippen LogP contribution in [0.2, 0.25) is 0 Å². The molecule has 37 heavy (non-hydrogen) atoms. The highest BCUT2D eigenvalue weighted by molar-refractivity contribution is 5.88. The molecule has 4 rings (SSSR count). The Balaban J connectivity index is 1.63. The van der Waals surface area contributed by atoms with Crippen LogP contribution in [0.25, 0.3) is 0 Å². The van der Waals surface area contributed by atoms with Crippen molar-refractivity contribution in [1.29, 1.82) is 0 Å². The second-order valence-electron chi connectivity index (χ2n) is 9.87. The van der Waals surface area contributed by atoms with E-state index < -0.39 is 11.9 Å². The smallest absolute Gasteiger partial charge is 0.261 e. The van der Waals surface area contributed by atoms with Crippen LogP contribution >= 0.6 is 0 Å². The van der Waals surface area contributed by atoms with Gasteiger partial charge in [0.05, 0.1) is 0 Å². The van der Waals surface area contributed by atoms with Crippen molar-refractivity contribution in [2.45, 2.75) is 64.6 Å². The lowest BCUT2D eigenvalue weighted by Gasteiger charge is -2.32. The number of nitrogens with zero attached hydrogens (tertiary/aromatic N) is 1. The molecule has 0 spiro atoms. The van der Waals surface area contributed by atoms with Gasteiger partial charge in [0.25, 0.3) is 5.91 Å². The quantitative estimate of drug-likeness (QED) is 0.397. The first kappa shape index (κ1) is 26.4. The van der Waals surface area contributed by atoms with E-state index in [0.29, 0.717) is 17.7 Å². The number of nitrogens with one attached hydrogen (secondary N) is 1. The minimum absolute atomic E-state index is 0.0305. The van der Waals surface area contributed by atoms with Crippen LogP contribution in [-0.2, 0) is 22.6 Å². The summed E-state index contributed by atoms with van der Waals surface area (Å²) in [6.45, 7) is 3.60. The Bertz CT molecular complexity index is 1210. The topological polar surface area (TPSA) is 58.6 Å². The third-order valence-corrected chi connectivity index (χ3v) is 6.97. The highest BCUT2D eigenvalue weighted by atomic mass is 19.1. The highest BCUT2D eigenvalue weighted by Gasteiger charge is 2.33. The Morgan fingerprint density at radius 2 is 1.70 bits per heavy atom. The Kier molecular flexibility index (Phi) is 8.94. The number of halogens is 1. The zero-order chi connectivity index (χ0) is 26.2. The van der Waals surface area contributed by atoms with Crippen molar-refractivity contribution in [2.24, 2.45) is 0 Å². The van der Waals surface area contributed by atoms with Gasteiger partial charge >= 0.3 is 0 Å². The molecule has 0 bridgehead atoms. The Hall–Kier alpha value is -3.67. The molecule has 1 saturated carbocycles. The summed E-state index contributed by atoms with van der Waals surface area (Å²) in [4.78, 5) is 28.8. The van der Waals surface area contributed by atoms with Crippen LogP contribution in [0.3, 0.4) is 0 Å². The van der Waals surface area contributed by atoms with E-state index in [9.17, 15) is 14.0 Å². The minimum Gasteiger partial charge on any atom is -0.483 e. The summed E-state index contributed by atoms with van der Waals surface area (Å²) >= 11 is 0. The molecular weight excluding hydrogens is 467 g/mol. The van der Waals surface area contributed by atoms with Crippen molar-refractivity contribution < 1.29 is 18.7 Å². The summed E-state index contributed by atoms with van der Waals surface area (Å²) in [5.41, 5.74) is 3.22. The molecule has 5 nitrogen and oxygen atoms in total. The second kappa shape index (κ2) is 12.5.